The molecule has 1 unspecified atom stereocenters. The Labute approximate surface area is 216 Å². The Hall–Kier alpha value is -1.72. The molecule has 3 aromatic rings. The zero-order valence-electron chi connectivity index (χ0n) is 19.8. The molecule has 0 fully saturated rings. The van der Waals surface area contributed by atoms with E-state index in [9.17, 15) is 9.59 Å². The van der Waals surface area contributed by atoms with E-state index in [4.69, 9.17) is 4.42 Å². The molecule has 0 saturated heterocycles. The van der Waals surface area contributed by atoms with Crippen molar-refractivity contribution in [1.29, 1.82) is 0 Å². The average molecular weight is 464 g/mol. The van der Waals surface area contributed by atoms with Crippen LogP contribution in [0.15, 0.2) is 47.0 Å². The second kappa shape index (κ2) is 10.3. The predicted molar refractivity (Wildman–Crippen MR) is 129 cm³/mol. The van der Waals surface area contributed by atoms with E-state index >= 15 is 0 Å². The first-order valence-corrected chi connectivity index (χ1v) is 10.7. The van der Waals surface area contributed by atoms with Gasteiger partial charge in [0.15, 0.2) is 0 Å². The van der Waals surface area contributed by atoms with Gasteiger partial charge < -0.3 is 12.2 Å². The van der Waals surface area contributed by atoms with Crippen LogP contribution in [0, 0.1) is 6.92 Å². The van der Waals surface area contributed by atoms with Crippen molar-refractivity contribution in [3.63, 3.8) is 0 Å². The number of carbonyl (C=O) groups excluding carboxylic acids is 2. The molecule has 31 heavy (non-hydrogen) atoms. The number of allylic oxidation sites excluding steroid dienone is 1. The Morgan fingerprint density at radius 1 is 1.35 bits per heavy atom. The number of para-hydroxylation sites is 1. The van der Waals surface area contributed by atoms with Crippen molar-refractivity contribution < 1.29 is 16.9 Å². The van der Waals surface area contributed by atoms with Crippen LogP contribution in [0.25, 0.3) is 16.7 Å². The van der Waals surface area contributed by atoms with Gasteiger partial charge in [0.1, 0.15) is 23.4 Å². The molecule has 4 rings (SSSR count). The molecule has 0 aliphatic carbocycles. The van der Waals surface area contributed by atoms with Gasteiger partial charge in [-0.15, -0.1) is 9.24 Å². The maximum absolute atomic E-state index is 12.1. The average Bonchev–Trinajstić information content (AvgIpc) is 3.07. The second-order valence-electron chi connectivity index (χ2n) is 7.40. The quantitative estimate of drug-likeness (QED) is 0.241. The van der Waals surface area contributed by atoms with Crippen molar-refractivity contribution >= 4 is 81.7 Å². The van der Waals surface area contributed by atoms with Crippen LogP contribution in [0.1, 0.15) is 31.7 Å². The Kier molecular flexibility index (Phi) is 7.92. The SMILES string of the molecule is Cc1c(CN(C)/C(=C/C=O)c2cnc3c(c2)CCC(=O)N3CP)oc2ccccc12.[Ca+2].[H-].[H-]. The maximum Gasteiger partial charge on any atom is 2.00 e. The number of aldehydes is 1. The monoisotopic (exact) mass is 463 g/mol. The van der Waals surface area contributed by atoms with Crippen molar-refractivity contribution in [2.75, 3.05) is 18.2 Å². The van der Waals surface area contributed by atoms with Crippen molar-refractivity contribution in [3.8, 4) is 0 Å². The summed E-state index contributed by atoms with van der Waals surface area (Å²) in [6, 6.07) is 9.99. The van der Waals surface area contributed by atoms with Gasteiger partial charge in [0.2, 0.25) is 5.91 Å². The van der Waals surface area contributed by atoms with Crippen molar-refractivity contribution in [2.24, 2.45) is 0 Å². The van der Waals surface area contributed by atoms with E-state index in [0.717, 1.165) is 45.4 Å². The molecule has 1 aromatic carbocycles. The number of nitrogens with zero attached hydrogens (tertiary/aromatic N) is 3. The van der Waals surface area contributed by atoms with E-state index in [1.54, 1.807) is 17.2 Å². The number of carbonyl (C=O) groups is 2. The molecule has 1 atom stereocenters. The predicted octanol–water partition coefficient (Wildman–Crippen LogP) is 3.76. The minimum atomic E-state index is 0. The first kappa shape index (κ1) is 23.9. The van der Waals surface area contributed by atoms with Crippen LogP contribution in [0.2, 0.25) is 0 Å². The summed E-state index contributed by atoms with van der Waals surface area (Å²) in [4.78, 5) is 31.7. The molecule has 0 radical (unpaired) electrons. The fraction of sp³-hybridized carbons (Fsp3) is 0.261. The molecule has 0 spiro atoms. The van der Waals surface area contributed by atoms with E-state index in [0.29, 0.717) is 31.5 Å². The second-order valence-corrected chi connectivity index (χ2v) is 7.77. The smallest absolute Gasteiger partial charge is 1.00 e. The number of benzene rings is 1. The van der Waals surface area contributed by atoms with Gasteiger partial charge in [0.25, 0.3) is 0 Å². The summed E-state index contributed by atoms with van der Waals surface area (Å²) >= 11 is 0. The van der Waals surface area contributed by atoms with Gasteiger partial charge in [-0.2, -0.15) is 0 Å². The van der Waals surface area contributed by atoms with Crippen LogP contribution >= 0.6 is 9.24 Å². The van der Waals surface area contributed by atoms with E-state index in [2.05, 4.69) is 14.2 Å². The van der Waals surface area contributed by atoms with Gasteiger partial charge in [-0.1, -0.05) is 18.2 Å². The van der Waals surface area contributed by atoms with Crippen molar-refractivity contribution in [1.82, 2.24) is 9.88 Å². The van der Waals surface area contributed by atoms with Gasteiger partial charge in [-0.3, -0.25) is 14.5 Å². The van der Waals surface area contributed by atoms with Crippen LogP contribution in [0.3, 0.4) is 0 Å². The number of furan rings is 1. The Bertz CT molecular complexity index is 1170. The molecule has 8 heteroatoms. The molecule has 2 aromatic heterocycles. The van der Waals surface area contributed by atoms with Gasteiger partial charge in [0, 0.05) is 54.2 Å². The summed E-state index contributed by atoms with van der Waals surface area (Å²) < 4.78 is 6.05. The van der Waals surface area contributed by atoms with Gasteiger partial charge >= 0.3 is 37.7 Å². The largest absolute Gasteiger partial charge is 2.00 e. The number of pyridine rings is 1. The zero-order chi connectivity index (χ0) is 21.3. The third-order valence-corrected chi connectivity index (χ3v) is 5.91. The van der Waals surface area contributed by atoms with Crippen molar-refractivity contribution in [3.05, 3.63) is 65.1 Å². The normalized spacial score (nSPS) is 13.7. The molecule has 1 amide bonds. The number of amides is 1. The maximum atomic E-state index is 12.1. The van der Waals surface area contributed by atoms with Crippen LogP contribution < -0.4 is 4.90 Å². The van der Waals surface area contributed by atoms with E-state index in [1.165, 1.54) is 0 Å². The standard InChI is InChI=1S/C23H24N3O3P.Ca.2H/c1-15-18-5-3-4-6-20(18)29-21(15)13-25(2)19(9-10-27)17-11-16-7-8-22(28)26(14-30)23(16)24-12-17;;;/h3-6,9-12H,7-8,13-14,30H2,1-2H3;;;/q;+2;2*-1/b19-9+;;;. The summed E-state index contributed by atoms with van der Waals surface area (Å²) in [7, 11) is 4.51. The van der Waals surface area contributed by atoms with E-state index < -0.39 is 0 Å². The molecule has 6 nitrogen and oxygen atoms in total. The van der Waals surface area contributed by atoms with E-state index in [-0.39, 0.29) is 46.5 Å². The molecule has 158 valence electrons. The number of anilines is 1. The molecular weight excluding hydrogens is 437 g/mol. The van der Waals surface area contributed by atoms with Crippen LogP contribution in [-0.2, 0) is 22.6 Å². The van der Waals surface area contributed by atoms with Gasteiger partial charge in [-0.05, 0) is 31.0 Å². The summed E-state index contributed by atoms with van der Waals surface area (Å²) in [6.45, 7) is 2.57. The Morgan fingerprint density at radius 2 is 2.13 bits per heavy atom. The summed E-state index contributed by atoms with van der Waals surface area (Å²) in [6.07, 6.45) is 5.69. The van der Waals surface area contributed by atoms with Gasteiger partial charge in [-0.25, -0.2) is 4.98 Å². The Balaban J connectivity index is 0.00000181. The number of fused-ring (bicyclic) bond motifs is 2. The first-order valence-electron chi connectivity index (χ1n) is 9.86. The van der Waals surface area contributed by atoms with Crippen LogP contribution in [0.5, 0.6) is 0 Å². The third kappa shape index (κ3) is 4.73. The topological polar surface area (TPSA) is 66.7 Å². The molecule has 0 saturated carbocycles. The van der Waals surface area contributed by atoms with Crippen molar-refractivity contribution in [2.45, 2.75) is 26.3 Å². The fourth-order valence-corrected chi connectivity index (χ4v) is 4.31. The third-order valence-electron chi connectivity index (χ3n) is 5.55. The summed E-state index contributed by atoms with van der Waals surface area (Å²) in [5.41, 5.74) is 4.57. The zero-order valence-corrected chi connectivity index (χ0v) is 21.2. The first-order chi connectivity index (χ1) is 14.5. The molecular formula is C23H26CaN3O3P. The molecule has 0 bridgehead atoms. The molecule has 1 aliphatic rings. The molecule has 0 N–H and O–H groups in total. The molecule has 3 heterocycles. The van der Waals surface area contributed by atoms with E-state index in [1.807, 2.05) is 49.2 Å². The number of hydrogen-bond donors (Lipinski definition) is 0. The molecule has 1 aliphatic heterocycles. The minimum absolute atomic E-state index is 0. The number of aromatic nitrogens is 1. The minimum Gasteiger partial charge on any atom is -1.00 e. The number of rotatable bonds is 6. The van der Waals surface area contributed by atoms with Crippen LogP contribution in [-0.4, -0.2) is 73.1 Å². The van der Waals surface area contributed by atoms with Crippen LogP contribution in [0.4, 0.5) is 5.82 Å². The van der Waals surface area contributed by atoms with Gasteiger partial charge in [0.05, 0.1) is 6.54 Å². The summed E-state index contributed by atoms with van der Waals surface area (Å²) in [5, 5.41) is 1.10. The summed E-state index contributed by atoms with van der Waals surface area (Å²) in [5.74, 6) is 1.64. The Morgan fingerprint density at radius 3 is 2.84 bits per heavy atom. The number of aryl methyl sites for hydroxylation is 2. The number of hydrogen-bond acceptors (Lipinski definition) is 5. The fourth-order valence-electron chi connectivity index (χ4n) is 3.94.